The molecule has 3 rings (SSSR count). The number of nitrogens with one attached hydrogen (secondary N) is 2. The summed E-state index contributed by atoms with van der Waals surface area (Å²) in [5.41, 5.74) is 2.24. The summed E-state index contributed by atoms with van der Waals surface area (Å²) in [7, 11) is 1.77. The number of hydrogen-bond donors (Lipinski definition) is 2. The molecule has 0 radical (unpaired) electrons. The summed E-state index contributed by atoms with van der Waals surface area (Å²) in [6.45, 7) is 3.54. The monoisotopic (exact) mass is 357 g/mol. The summed E-state index contributed by atoms with van der Waals surface area (Å²) in [4.78, 5) is 11.1. The van der Waals surface area contributed by atoms with Gasteiger partial charge in [0, 0.05) is 44.4 Å². The van der Waals surface area contributed by atoms with Crippen molar-refractivity contribution in [1.82, 2.24) is 15.6 Å². The highest BCUT2D eigenvalue weighted by Crippen LogP contribution is 2.18. The summed E-state index contributed by atoms with van der Waals surface area (Å²) < 4.78 is 0. The van der Waals surface area contributed by atoms with Gasteiger partial charge in [-0.15, -0.1) is 0 Å². The van der Waals surface area contributed by atoms with Crippen molar-refractivity contribution in [3.05, 3.63) is 58.7 Å². The van der Waals surface area contributed by atoms with E-state index in [9.17, 15) is 0 Å². The van der Waals surface area contributed by atoms with Crippen molar-refractivity contribution >= 4 is 23.4 Å². The van der Waals surface area contributed by atoms with Gasteiger partial charge in [-0.25, -0.2) is 4.98 Å². The van der Waals surface area contributed by atoms with Crippen LogP contribution in [0, 0.1) is 0 Å². The van der Waals surface area contributed by atoms with Crippen LogP contribution in [0.25, 0.3) is 0 Å². The molecular formula is C19H24ClN5. The molecule has 1 saturated heterocycles. The highest BCUT2D eigenvalue weighted by atomic mass is 35.5. The molecule has 0 bridgehead atoms. The molecule has 132 valence electrons. The number of halogens is 1. The largest absolute Gasteiger partial charge is 0.357 e. The molecule has 0 saturated carbocycles. The van der Waals surface area contributed by atoms with Gasteiger partial charge in [-0.2, -0.15) is 0 Å². The molecule has 1 aromatic heterocycles. The molecule has 0 spiro atoms. The topological polar surface area (TPSA) is 52.6 Å². The lowest BCUT2D eigenvalue weighted by molar-refractivity contribution is 0.807. The van der Waals surface area contributed by atoms with Crippen LogP contribution >= 0.6 is 11.6 Å². The maximum absolute atomic E-state index is 6.19. The fraction of sp³-hybridized carbons (Fsp3) is 0.368. The van der Waals surface area contributed by atoms with E-state index in [0.29, 0.717) is 13.1 Å². The Labute approximate surface area is 154 Å². The molecule has 2 N–H and O–H groups in total. The molecule has 0 unspecified atom stereocenters. The molecule has 25 heavy (non-hydrogen) atoms. The SMILES string of the molecule is CN=C(NCc1ccnc(N2CCCC2)c1)NCc1ccccc1Cl. The maximum Gasteiger partial charge on any atom is 0.191 e. The van der Waals surface area contributed by atoms with Gasteiger partial charge in [0.05, 0.1) is 0 Å². The molecular weight excluding hydrogens is 334 g/mol. The van der Waals surface area contributed by atoms with E-state index in [2.05, 4.69) is 31.6 Å². The predicted molar refractivity (Wildman–Crippen MR) is 104 cm³/mol. The molecule has 0 atom stereocenters. The van der Waals surface area contributed by atoms with Crippen molar-refractivity contribution in [3.63, 3.8) is 0 Å². The molecule has 0 amide bonds. The third-order valence-corrected chi connectivity index (χ3v) is 4.70. The van der Waals surface area contributed by atoms with Crippen molar-refractivity contribution in [1.29, 1.82) is 0 Å². The van der Waals surface area contributed by atoms with Crippen molar-refractivity contribution in [2.45, 2.75) is 25.9 Å². The quantitative estimate of drug-likeness (QED) is 0.637. The Bertz CT molecular complexity index is 725. The maximum atomic E-state index is 6.19. The van der Waals surface area contributed by atoms with E-state index in [0.717, 1.165) is 35.5 Å². The van der Waals surface area contributed by atoms with E-state index in [1.54, 1.807) is 7.05 Å². The second kappa shape index (κ2) is 8.72. The van der Waals surface area contributed by atoms with Crippen LogP contribution in [0.15, 0.2) is 47.6 Å². The highest BCUT2D eigenvalue weighted by molar-refractivity contribution is 6.31. The molecule has 1 aliphatic rings. The molecule has 2 heterocycles. The average Bonchev–Trinajstić information content (AvgIpc) is 3.18. The lowest BCUT2D eigenvalue weighted by Gasteiger charge is -2.17. The molecule has 0 aliphatic carbocycles. The number of aliphatic imine (C=N–C) groups is 1. The van der Waals surface area contributed by atoms with Crippen LogP contribution in [-0.4, -0.2) is 31.1 Å². The standard InChI is InChI=1S/C19H24ClN5/c1-21-19(24-14-16-6-2-3-7-17(16)20)23-13-15-8-9-22-18(12-15)25-10-4-5-11-25/h2-3,6-9,12H,4-5,10-11,13-14H2,1H3,(H2,21,23,24). The van der Waals surface area contributed by atoms with Crippen LogP contribution in [-0.2, 0) is 13.1 Å². The van der Waals surface area contributed by atoms with E-state index >= 15 is 0 Å². The second-order valence-electron chi connectivity index (χ2n) is 6.09. The molecule has 1 aliphatic heterocycles. The molecule has 5 nitrogen and oxygen atoms in total. The normalized spacial score (nSPS) is 14.6. The summed E-state index contributed by atoms with van der Waals surface area (Å²) in [6.07, 6.45) is 4.39. The van der Waals surface area contributed by atoms with Crippen LogP contribution in [0.2, 0.25) is 5.02 Å². The van der Waals surface area contributed by atoms with Gasteiger partial charge in [-0.1, -0.05) is 29.8 Å². The van der Waals surface area contributed by atoms with Crippen LogP contribution in [0.5, 0.6) is 0 Å². The number of aromatic nitrogens is 1. The Morgan fingerprint density at radius 3 is 2.68 bits per heavy atom. The zero-order valence-corrected chi connectivity index (χ0v) is 15.3. The van der Waals surface area contributed by atoms with E-state index in [1.165, 1.54) is 18.4 Å². The Kier molecular flexibility index (Phi) is 6.12. The molecule has 1 aromatic carbocycles. The minimum atomic E-state index is 0.634. The van der Waals surface area contributed by atoms with Gasteiger partial charge < -0.3 is 15.5 Å². The number of pyridine rings is 1. The number of benzene rings is 1. The smallest absolute Gasteiger partial charge is 0.191 e. The third kappa shape index (κ3) is 4.86. The number of hydrogen-bond acceptors (Lipinski definition) is 3. The van der Waals surface area contributed by atoms with Gasteiger partial charge in [0.25, 0.3) is 0 Å². The van der Waals surface area contributed by atoms with Crippen molar-refractivity contribution < 1.29 is 0 Å². The van der Waals surface area contributed by atoms with E-state index in [4.69, 9.17) is 11.6 Å². The Morgan fingerprint density at radius 2 is 1.92 bits per heavy atom. The summed E-state index contributed by atoms with van der Waals surface area (Å²) >= 11 is 6.19. The average molecular weight is 358 g/mol. The Morgan fingerprint density at radius 1 is 1.16 bits per heavy atom. The predicted octanol–water partition coefficient (Wildman–Crippen LogP) is 3.20. The van der Waals surface area contributed by atoms with Gasteiger partial charge in [-0.05, 0) is 42.2 Å². The van der Waals surface area contributed by atoms with Gasteiger partial charge in [0.1, 0.15) is 5.82 Å². The minimum Gasteiger partial charge on any atom is -0.357 e. The van der Waals surface area contributed by atoms with E-state index < -0.39 is 0 Å². The van der Waals surface area contributed by atoms with Crippen LogP contribution in [0.4, 0.5) is 5.82 Å². The molecule has 1 fully saturated rings. The third-order valence-electron chi connectivity index (χ3n) is 4.33. The fourth-order valence-corrected chi connectivity index (χ4v) is 3.12. The first kappa shape index (κ1) is 17.5. The van der Waals surface area contributed by atoms with Gasteiger partial charge >= 0.3 is 0 Å². The summed E-state index contributed by atoms with van der Waals surface area (Å²) in [5.74, 6) is 1.82. The lowest BCUT2D eigenvalue weighted by atomic mass is 10.2. The van der Waals surface area contributed by atoms with Crippen LogP contribution in [0.3, 0.4) is 0 Å². The Hall–Kier alpha value is -2.27. The first-order chi connectivity index (χ1) is 12.3. The lowest BCUT2D eigenvalue weighted by Crippen LogP contribution is -2.36. The first-order valence-electron chi connectivity index (χ1n) is 8.64. The van der Waals surface area contributed by atoms with E-state index in [-0.39, 0.29) is 0 Å². The number of guanidine groups is 1. The number of anilines is 1. The first-order valence-corrected chi connectivity index (χ1v) is 9.02. The van der Waals surface area contributed by atoms with Gasteiger partial charge in [0.15, 0.2) is 5.96 Å². The van der Waals surface area contributed by atoms with Gasteiger partial charge in [-0.3, -0.25) is 4.99 Å². The zero-order chi connectivity index (χ0) is 17.5. The number of rotatable bonds is 5. The van der Waals surface area contributed by atoms with Crippen LogP contribution < -0.4 is 15.5 Å². The van der Waals surface area contributed by atoms with Crippen molar-refractivity contribution in [3.8, 4) is 0 Å². The fourth-order valence-electron chi connectivity index (χ4n) is 2.92. The van der Waals surface area contributed by atoms with Gasteiger partial charge in [0.2, 0.25) is 0 Å². The zero-order valence-electron chi connectivity index (χ0n) is 14.5. The van der Waals surface area contributed by atoms with Crippen molar-refractivity contribution in [2.75, 3.05) is 25.0 Å². The minimum absolute atomic E-state index is 0.634. The summed E-state index contributed by atoms with van der Waals surface area (Å²) in [5, 5.41) is 7.40. The highest BCUT2D eigenvalue weighted by Gasteiger charge is 2.13. The molecule has 6 heteroatoms. The van der Waals surface area contributed by atoms with E-state index in [1.807, 2.05) is 36.5 Å². The number of nitrogens with zero attached hydrogens (tertiary/aromatic N) is 3. The summed E-state index contributed by atoms with van der Waals surface area (Å²) in [6, 6.07) is 12.0. The van der Waals surface area contributed by atoms with Crippen LogP contribution in [0.1, 0.15) is 24.0 Å². The Balaban J connectivity index is 1.54. The van der Waals surface area contributed by atoms with Crippen molar-refractivity contribution in [2.24, 2.45) is 4.99 Å². The molecule has 2 aromatic rings. The second-order valence-corrected chi connectivity index (χ2v) is 6.49.